The van der Waals surface area contributed by atoms with Crippen molar-refractivity contribution in [2.75, 3.05) is 39.4 Å². The molecule has 8 heteroatoms. The highest BCUT2D eigenvalue weighted by molar-refractivity contribution is 7.24. The Balaban J connectivity index is 1.45. The third-order valence-electron chi connectivity index (χ3n) is 5.57. The van der Waals surface area contributed by atoms with Crippen LogP contribution >= 0.6 is 11.3 Å². The van der Waals surface area contributed by atoms with Crippen molar-refractivity contribution in [1.29, 1.82) is 0 Å². The first-order valence-electron chi connectivity index (χ1n) is 11.5. The molecule has 0 fully saturated rings. The number of hydrogen-bond acceptors (Lipinski definition) is 8. The summed E-state index contributed by atoms with van der Waals surface area (Å²) in [6.45, 7) is 10.6. The third kappa shape index (κ3) is 6.87. The van der Waals surface area contributed by atoms with E-state index in [1.807, 2.05) is 50.2 Å². The smallest absolute Gasteiger partial charge is 0.333 e. The van der Waals surface area contributed by atoms with Crippen LogP contribution in [0.25, 0.3) is 20.2 Å². The minimum absolute atomic E-state index is 0.0159. The molecule has 0 radical (unpaired) electrons. The normalized spacial score (nSPS) is 12.2. The first-order chi connectivity index (χ1) is 16.4. The topological polar surface area (TPSA) is 88.1 Å². The number of aliphatic hydroxyl groups excluding tert-OH is 1. The van der Waals surface area contributed by atoms with Gasteiger partial charge in [-0.2, -0.15) is 0 Å². The zero-order valence-electron chi connectivity index (χ0n) is 19.7. The van der Waals surface area contributed by atoms with Crippen LogP contribution in [-0.2, 0) is 9.53 Å². The summed E-state index contributed by atoms with van der Waals surface area (Å²) in [7, 11) is 0. The van der Waals surface area contributed by atoms with E-state index in [0.29, 0.717) is 54.8 Å². The minimum atomic E-state index is -0.855. The number of esters is 1. The van der Waals surface area contributed by atoms with Gasteiger partial charge in [0, 0.05) is 45.4 Å². The van der Waals surface area contributed by atoms with Crippen LogP contribution in [0.2, 0.25) is 0 Å². The number of ether oxygens (including phenoxy) is 2. The molecule has 182 valence electrons. The van der Waals surface area contributed by atoms with Crippen molar-refractivity contribution in [2.24, 2.45) is 0 Å². The number of rotatable bonds is 13. The van der Waals surface area contributed by atoms with Gasteiger partial charge in [-0.1, -0.05) is 32.6 Å². The number of benzene rings is 2. The van der Waals surface area contributed by atoms with Crippen LogP contribution in [0.5, 0.6) is 5.75 Å². The second-order valence-electron chi connectivity index (χ2n) is 7.89. The van der Waals surface area contributed by atoms with E-state index >= 15 is 0 Å². The number of carbonyl (C=O) groups excluding carboxylic acids is 1. The summed E-state index contributed by atoms with van der Waals surface area (Å²) in [5.74, 6) is 0.189. The molecule has 1 aromatic heterocycles. The summed E-state index contributed by atoms with van der Waals surface area (Å²) in [5.41, 5.74) is 0.456. The van der Waals surface area contributed by atoms with Gasteiger partial charge in [0.05, 0.1) is 0 Å². The van der Waals surface area contributed by atoms with Crippen molar-refractivity contribution < 1.29 is 19.4 Å². The summed E-state index contributed by atoms with van der Waals surface area (Å²) in [6.07, 6.45) is -0.277. The molecule has 0 aliphatic carbocycles. The van der Waals surface area contributed by atoms with Crippen LogP contribution < -0.4 is 15.5 Å². The van der Waals surface area contributed by atoms with E-state index in [-0.39, 0.29) is 18.0 Å². The lowest BCUT2D eigenvalue weighted by Crippen LogP contribution is -2.41. The summed E-state index contributed by atoms with van der Waals surface area (Å²) in [4.78, 5) is 26.6. The molecule has 0 amide bonds. The predicted molar refractivity (Wildman–Crippen MR) is 138 cm³/mol. The number of nitrogens with one attached hydrogen (secondary N) is 1. The number of fused-ring (bicyclic) bond motifs is 2. The molecule has 0 bridgehead atoms. The van der Waals surface area contributed by atoms with Gasteiger partial charge in [0.2, 0.25) is 0 Å². The molecule has 1 heterocycles. The lowest BCUT2D eigenvalue weighted by Gasteiger charge is -2.22. The summed E-state index contributed by atoms with van der Waals surface area (Å²) < 4.78 is 12.8. The zero-order chi connectivity index (χ0) is 24.5. The van der Waals surface area contributed by atoms with Gasteiger partial charge >= 0.3 is 5.97 Å². The van der Waals surface area contributed by atoms with Gasteiger partial charge in [-0.25, -0.2) is 4.79 Å². The summed E-state index contributed by atoms with van der Waals surface area (Å²) in [6, 6.07) is 13.0. The van der Waals surface area contributed by atoms with E-state index in [1.54, 1.807) is 17.4 Å². The van der Waals surface area contributed by atoms with E-state index in [2.05, 4.69) is 16.8 Å². The Hall–Kier alpha value is -2.78. The van der Waals surface area contributed by atoms with Gasteiger partial charge in [-0.15, -0.1) is 11.3 Å². The average Bonchev–Trinajstić information content (AvgIpc) is 2.86. The quantitative estimate of drug-likeness (QED) is 0.166. The lowest BCUT2D eigenvalue weighted by atomic mass is 10.2. The van der Waals surface area contributed by atoms with E-state index in [1.165, 1.54) is 0 Å². The van der Waals surface area contributed by atoms with Crippen LogP contribution in [0.1, 0.15) is 20.3 Å². The molecule has 3 rings (SSSR count). The summed E-state index contributed by atoms with van der Waals surface area (Å²) >= 11 is 1.57. The Morgan fingerprint density at radius 3 is 2.68 bits per heavy atom. The van der Waals surface area contributed by atoms with Gasteiger partial charge in [0.25, 0.3) is 0 Å². The fourth-order valence-corrected chi connectivity index (χ4v) is 4.49. The molecule has 0 spiro atoms. The van der Waals surface area contributed by atoms with Crippen LogP contribution in [0.4, 0.5) is 0 Å². The Bertz CT molecular complexity index is 1190. The highest BCUT2D eigenvalue weighted by atomic mass is 32.1. The van der Waals surface area contributed by atoms with Gasteiger partial charge in [0.15, 0.2) is 5.43 Å². The average molecular weight is 485 g/mol. The SMILES string of the molecule is C=C(CC)C(=O)OCCN(CC)CCNC(O)COc1ccc2sc3ccccc3c(=O)c2c1. The number of aliphatic hydroxyl groups is 1. The molecule has 1 unspecified atom stereocenters. The van der Waals surface area contributed by atoms with Crippen LogP contribution in [0.15, 0.2) is 59.4 Å². The largest absolute Gasteiger partial charge is 0.489 e. The van der Waals surface area contributed by atoms with Crippen molar-refractivity contribution >= 4 is 37.5 Å². The fraction of sp³-hybridized carbons (Fsp3) is 0.385. The molecule has 3 aromatic rings. The predicted octanol–water partition coefficient (Wildman–Crippen LogP) is 3.53. The second-order valence-corrected chi connectivity index (χ2v) is 8.98. The second kappa shape index (κ2) is 12.6. The molecular weight excluding hydrogens is 452 g/mol. The van der Waals surface area contributed by atoms with Gasteiger partial charge in [0.1, 0.15) is 25.2 Å². The molecule has 2 aromatic carbocycles. The van der Waals surface area contributed by atoms with Gasteiger partial charge < -0.3 is 14.6 Å². The Labute approximate surface area is 203 Å². The first-order valence-corrected chi connectivity index (χ1v) is 12.3. The molecule has 7 nitrogen and oxygen atoms in total. The lowest BCUT2D eigenvalue weighted by molar-refractivity contribution is -0.139. The van der Waals surface area contributed by atoms with E-state index < -0.39 is 6.23 Å². The van der Waals surface area contributed by atoms with Crippen LogP contribution in [-0.4, -0.2) is 61.6 Å². The molecule has 0 aliphatic heterocycles. The molecule has 0 saturated carbocycles. The monoisotopic (exact) mass is 484 g/mol. The molecule has 34 heavy (non-hydrogen) atoms. The Kier molecular flexibility index (Phi) is 9.59. The maximum absolute atomic E-state index is 12.8. The van der Waals surface area contributed by atoms with Crippen molar-refractivity contribution in [3.8, 4) is 5.75 Å². The Morgan fingerprint density at radius 1 is 1.15 bits per heavy atom. The minimum Gasteiger partial charge on any atom is -0.489 e. The number of hydrogen-bond donors (Lipinski definition) is 2. The number of likely N-dealkylation sites (N-methyl/N-ethyl adjacent to an activating group) is 1. The fourth-order valence-electron chi connectivity index (χ4n) is 3.44. The van der Waals surface area contributed by atoms with Crippen molar-refractivity contribution in [3.05, 3.63) is 64.8 Å². The highest BCUT2D eigenvalue weighted by Gasteiger charge is 2.11. The van der Waals surface area contributed by atoms with Crippen molar-refractivity contribution in [2.45, 2.75) is 26.5 Å². The molecule has 0 saturated heterocycles. The molecule has 0 aliphatic rings. The van der Waals surface area contributed by atoms with Gasteiger partial charge in [-0.05, 0) is 43.3 Å². The van der Waals surface area contributed by atoms with Crippen LogP contribution in [0.3, 0.4) is 0 Å². The molecule has 2 N–H and O–H groups in total. The van der Waals surface area contributed by atoms with Gasteiger partial charge in [-0.3, -0.25) is 15.0 Å². The molecular formula is C26H32N2O5S. The van der Waals surface area contributed by atoms with E-state index in [0.717, 1.165) is 15.9 Å². The number of carbonyl (C=O) groups is 1. The van der Waals surface area contributed by atoms with Crippen molar-refractivity contribution in [1.82, 2.24) is 10.2 Å². The highest BCUT2D eigenvalue weighted by Crippen LogP contribution is 2.27. The van der Waals surface area contributed by atoms with E-state index in [9.17, 15) is 14.7 Å². The zero-order valence-corrected chi connectivity index (χ0v) is 20.5. The first kappa shape index (κ1) is 25.8. The Morgan fingerprint density at radius 2 is 1.91 bits per heavy atom. The maximum Gasteiger partial charge on any atom is 0.333 e. The van der Waals surface area contributed by atoms with Crippen molar-refractivity contribution in [3.63, 3.8) is 0 Å². The third-order valence-corrected chi connectivity index (χ3v) is 6.72. The van der Waals surface area contributed by atoms with E-state index in [4.69, 9.17) is 9.47 Å². The standard InChI is InChI=1S/C26H32N2O5S/c1-4-18(3)26(31)32-15-14-28(5-2)13-12-27-24(29)17-33-19-10-11-23-21(16-19)25(30)20-8-6-7-9-22(20)34-23/h6-11,16,24,27,29H,3-5,12-15,17H2,1-2H3. The van der Waals surface area contributed by atoms with Crippen LogP contribution in [0, 0.1) is 0 Å². The maximum atomic E-state index is 12.8. The number of nitrogens with zero attached hydrogens (tertiary/aromatic N) is 1. The molecule has 1 atom stereocenters. The summed E-state index contributed by atoms with van der Waals surface area (Å²) in [5, 5.41) is 14.6.